The maximum atomic E-state index is 12.2. The van der Waals surface area contributed by atoms with Crippen molar-refractivity contribution in [1.29, 1.82) is 0 Å². The molecule has 0 atom stereocenters. The van der Waals surface area contributed by atoms with E-state index in [1.54, 1.807) is 0 Å². The molecule has 5 rings (SSSR count). The van der Waals surface area contributed by atoms with Crippen LogP contribution >= 0.6 is 0 Å². The number of hydrogen-bond acceptors (Lipinski definition) is 5. The first-order valence-corrected chi connectivity index (χ1v) is 10.1. The van der Waals surface area contributed by atoms with Crippen LogP contribution < -0.4 is 9.47 Å². The second-order valence-corrected chi connectivity index (χ2v) is 7.51. The summed E-state index contributed by atoms with van der Waals surface area (Å²) in [5, 5.41) is 10.7. The fraction of sp³-hybridized carbons (Fsp3) is 0.250. The van der Waals surface area contributed by atoms with E-state index in [0.29, 0.717) is 42.8 Å². The number of pyridine rings is 1. The van der Waals surface area contributed by atoms with Crippen LogP contribution in [0.15, 0.2) is 42.5 Å². The fourth-order valence-electron chi connectivity index (χ4n) is 4.20. The predicted octanol–water partition coefficient (Wildman–Crippen LogP) is 4.08. The van der Waals surface area contributed by atoms with Crippen LogP contribution in [0.5, 0.6) is 11.5 Å². The van der Waals surface area contributed by atoms with E-state index in [-0.39, 0.29) is 0 Å². The Morgan fingerprint density at radius 1 is 1.13 bits per heavy atom. The number of carbonyl (C=O) groups is 1. The molecule has 0 radical (unpaired) electrons. The molecule has 0 unspecified atom stereocenters. The van der Waals surface area contributed by atoms with E-state index in [9.17, 15) is 9.90 Å². The molecular formula is C24H22N2O4. The van der Waals surface area contributed by atoms with Crippen LogP contribution in [-0.2, 0) is 6.54 Å². The Labute approximate surface area is 174 Å². The highest BCUT2D eigenvalue weighted by atomic mass is 16.6. The molecule has 0 amide bonds. The van der Waals surface area contributed by atoms with E-state index in [2.05, 4.69) is 17.9 Å². The van der Waals surface area contributed by atoms with Crippen molar-refractivity contribution in [1.82, 2.24) is 9.88 Å². The average Bonchev–Trinajstić information content (AvgIpc) is 2.77. The number of hydrogen-bond donors (Lipinski definition) is 1. The molecule has 0 fully saturated rings. The zero-order valence-electron chi connectivity index (χ0n) is 16.7. The van der Waals surface area contributed by atoms with Gasteiger partial charge in [0, 0.05) is 24.0 Å². The summed E-state index contributed by atoms with van der Waals surface area (Å²) in [7, 11) is 0. The van der Waals surface area contributed by atoms with Gasteiger partial charge in [0.15, 0.2) is 11.5 Å². The summed E-state index contributed by atoms with van der Waals surface area (Å²) in [4.78, 5) is 19.3. The van der Waals surface area contributed by atoms with Crippen molar-refractivity contribution in [3.8, 4) is 11.5 Å². The molecule has 0 aliphatic carbocycles. The maximum absolute atomic E-state index is 12.2. The largest absolute Gasteiger partial charge is 0.486 e. The number of aromatic nitrogens is 1. The van der Waals surface area contributed by atoms with Crippen molar-refractivity contribution in [2.75, 3.05) is 26.3 Å². The number of likely N-dealkylation sites (N-methyl/N-ethyl adjacent to an activating group) is 1. The van der Waals surface area contributed by atoms with Crippen molar-refractivity contribution < 1.29 is 19.4 Å². The summed E-state index contributed by atoms with van der Waals surface area (Å²) in [5.41, 5.74) is 4.57. The van der Waals surface area contributed by atoms with Crippen molar-refractivity contribution >= 4 is 28.5 Å². The maximum Gasteiger partial charge on any atom is 0.336 e. The second-order valence-electron chi connectivity index (χ2n) is 7.51. The molecule has 0 saturated heterocycles. The Bertz CT molecular complexity index is 1190. The standard InChI is InChI=1S/C24H22N2O4/c1-2-26-13-16(11-15-7-8-20-21(12-15)30-10-9-29-20)23-18(14-26)22(24(27)28)17-5-3-4-6-19(17)25-23/h3-8,11-12H,2,9-10,13-14H2,1H3,(H,27,28)/b16-11+. The SMILES string of the molecule is CCN1C/C(=C\c2ccc3c(c2)OCCO3)c2nc3ccccc3c(C(=O)O)c2C1. The van der Waals surface area contributed by atoms with E-state index in [1.165, 1.54) is 0 Å². The smallest absolute Gasteiger partial charge is 0.336 e. The molecule has 6 heteroatoms. The summed E-state index contributed by atoms with van der Waals surface area (Å²) in [5.74, 6) is 0.568. The van der Waals surface area contributed by atoms with E-state index < -0.39 is 5.97 Å². The zero-order valence-corrected chi connectivity index (χ0v) is 16.7. The molecule has 0 spiro atoms. The molecule has 2 aliphatic heterocycles. The number of fused-ring (bicyclic) bond motifs is 3. The number of ether oxygens (including phenoxy) is 2. The molecule has 1 aromatic heterocycles. The number of carboxylic acid groups (broad SMARTS) is 1. The van der Waals surface area contributed by atoms with Gasteiger partial charge >= 0.3 is 5.97 Å². The lowest BCUT2D eigenvalue weighted by molar-refractivity contribution is 0.0696. The van der Waals surface area contributed by atoms with Gasteiger partial charge in [-0.2, -0.15) is 0 Å². The first kappa shape index (κ1) is 18.6. The zero-order chi connectivity index (χ0) is 20.7. The van der Waals surface area contributed by atoms with Crippen LogP contribution in [0, 0.1) is 0 Å². The molecule has 6 nitrogen and oxygen atoms in total. The molecule has 152 valence electrons. The molecule has 30 heavy (non-hydrogen) atoms. The van der Waals surface area contributed by atoms with E-state index in [0.717, 1.165) is 40.4 Å². The summed E-state index contributed by atoms with van der Waals surface area (Å²) >= 11 is 0. The first-order valence-electron chi connectivity index (χ1n) is 10.1. The normalized spacial score (nSPS) is 17.2. The molecule has 2 aliphatic rings. The second kappa shape index (κ2) is 7.46. The number of benzene rings is 2. The lowest BCUT2D eigenvalue weighted by Gasteiger charge is -2.30. The summed E-state index contributed by atoms with van der Waals surface area (Å²) in [6.07, 6.45) is 2.08. The third-order valence-electron chi connectivity index (χ3n) is 5.64. The van der Waals surface area contributed by atoms with E-state index >= 15 is 0 Å². The van der Waals surface area contributed by atoms with Gasteiger partial charge in [-0.1, -0.05) is 31.2 Å². The van der Waals surface area contributed by atoms with Crippen LogP contribution in [0.3, 0.4) is 0 Å². The van der Waals surface area contributed by atoms with Gasteiger partial charge in [0.05, 0.1) is 16.8 Å². The average molecular weight is 402 g/mol. The summed E-state index contributed by atoms with van der Waals surface area (Å²) in [6.45, 7) is 5.29. The predicted molar refractivity (Wildman–Crippen MR) is 115 cm³/mol. The van der Waals surface area contributed by atoms with Crippen LogP contribution in [0.2, 0.25) is 0 Å². The van der Waals surface area contributed by atoms with Gasteiger partial charge in [0.25, 0.3) is 0 Å². The Hall–Kier alpha value is -3.38. The topological polar surface area (TPSA) is 71.9 Å². The van der Waals surface area contributed by atoms with Gasteiger partial charge in [-0.3, -0.25) is 4.90 Å². The minimum atomic E-state index is -0.915. The van der Waals surface area contributed by atoms with Crippen LogP contribution in [0.1, 0.15) is 34.1 Å². The van der Waals surface area contributed by atoms with Gasteiger partial charge in [-0.25, -0.2) is 9.78 Å². The van der Waals surface area contributed by atoms with Gasteiger partial charge in [0.2, 0.25) is 0 Å². The number of para-hydroxylation sites is 1. The van der Waals surface area contributed by atoms with Crippen LogP contribution in [0.25, 0.3) is 22.6 Å². The number of nitrogens with zero attached hydrogens (tertiary/aromatic N) is 2. The highest BCUT2D eigenvalue weighted by Gasteiger charge is 2.28. The molecule has 0 bridgehead atoms. The molecule has 3 aromatic rings. The number of rotatable bonds is 3. The van der Waals surface area contributed by atoms with Crippen molar-refractivity contribution in [2.45, 2.75) is 13.5 Å². The fourth-order valence-corrected chi connectivity index (χ4v) is 4.20. The quantitative estimate of drug-likeness (QED) is 0.712. The molecule has 0 saturated carbocycles. The number of carboxylic acids is 1. The van der Waals surface area contributed by atoms with Crippen molar-refractivity contribution in [3.05, 3.63) is 64.8 Å². The third-order valence-corrected chi connectivity index (χ3v) is 5.64. The lowest BCUT2D eigenvalue weighted by Crippen LogP contribution is -2.31. The Morgan fingerprint density at radius 3 is 2.73 bits per heavy atom. The Morgan fingerprint density at radius 2 is 1.93 bits per heavy atom. The number of aromatic carboxylic acids is 1. The Balaban J connectivity index is 1.69. The highest BCUT2D eigenvalue weighted by molar-refractivity contribution is 6.06. The Kier molecular flexibility index (Phi) is 4.64. The van der Waals surface area contributed by atoms with Crippen LogP contribution in [0.4, 0.5) is 0 Å². The molecule has 3 heterocycles. The third kappa shape index (κ3) is 3.19. The minimum Gasteiger partial charge on any atom is -0.486 e. The minimum absolute atomic E-state index is 0.349. The van der Waals surface area contributed by atoms with E-state index in [1.807, 2.05) is 42.5 Å². The van der Waals surface area contributed by atoms with Crippen LogP contribution in [-0.4, -0.2) is 47.3 Å². The van der Waals surface area contributed by atoms with E-state index in [4.69, 9.17) is 14.5 Å². The van der Waals surface area contributed by atoms with Crippen molar-refractivity contribution in [2.24, 2.45) is 0 Å². The molecule has 1 N–H and O–H groups in total. The molecular weight excluding hydrogens is 380 g/mol. The van der Waals surface area contributed by atoms with Gasteiger partial charge < -0.3 is 14.6 Å². The highest BCUT2D eigenvalue weighted by Crippen LogP contribution is 2.36. The molecule has 2 aromatic carbocycles. The van der Waals surface area contributed by atoms with Gasteiger partial charge in [-0.05, 0) is 42.0 Å². The first-order chi connectivity index (χ1) is 14.6. The van der Waals surface area contributed by atoms with Gasteiger partial charge in [-0.15, -0.1) is 0 Å². The van der Waals surface area contributed by atoms with Crippen molar-refractivity contribution in [3.63, 3.8) is 0 Å². The lowest BCUT2D eigenvalue weighted by atomic mass is 9.92. The summed E-state index contributed by atoms with van der Waals surface area (Å²) < 4.78 is 11.3. The summed E-state index contributed by atoms with van der Waals surface area (Å²) in [6, 6.07) is 13.3. The monoisotopic (exact) mass is 402 g/mol. The van der Waals surface area contributed by atoms with Gasteiger partial charge in [0.1, 0.15) is 13.2 Å².